The van der Waals surface area contributed by atoms with E-state index in [2.05, 4.69) is 10.0 Å². The molecule has 2 N–H and O–H groups in total. The molecule has 0 aliphatic carbocycles. The van der Waals surface area contributed by atoms with E-state index in [1.165, 1.54) is 24.3 Å². The van der Waals surface area contributed by atoms with E-state index in [9.17, 15) is 13.2 Å². The van der Waals surface area contributed by atoms with E-state index in [-0.39, 0.29) is 23.5 Å². The number of hydrogen-bond acceptors (Lipinski definition) is 4. The molecule has 3 aromatic carbocycles. The zero-order valence-electron chi connectivity index (χ0n) is 17.8. The van der Waals surface area contributed by atoms with E-state index >= 15 is 0 Å². The van der Waals surface area contributed by atoms with Crippen molar-refractivity contribution in [3.05, 3.63) is 89.5 Å². The third kappa shape index (κ3) is 6.08. The first kappa shape index (κ1) is 22.4. The second kappa shape index (κ2) is 9.66. The van der Waals surface area contributed by atoms with Gasteiger partial charge in [0.2, 0.25) is 0 Å². The minimum Gasteiger partial charge on any atom is -0.484 e. The van der Waals surface area contributed by atoms with Crippen molar-refractivity contribution in [2.45, 2.75) is 31.7 Å². The quantitative estimate of drug-likeness (QED) is 0.547. The summed E-state index contributed by atoms with van der Waals surface area (Å²) in [4.78, 5) is 12.3. The molecule has 7 heteroatoms. The van der Waals surface area contributed by atoms with Crippen LogP contribution >= 0.6 is 0 Å². The summed E-state index contributed by atoms with van der Waals surface area (Å²) in [6.45, 7) is 5.63. The largest absolute Gasteiger partial charge is 0.484 e. The smallest absolute Gasteiger partial charge is 0.261 e. The maximum atomic E-state index is 12.6. The first-order chi connectivity index (χ1) is 14.7. The molecule has 1 unspecified atom stereocenters. The second-order valence-corrected chi connectivity index (χ2v) is 9.05. The molecule has 0 aliphatic heterocycles. The van der Waals surface area contributed by atoms with Crippen LogP contribution in [0.25, 0.3) is 0 Å². The zero-order chi connectivity index (χ0) is 22.4. The summed E-state index contributed by atoms with van der Waals surface area (Å²) in [5.41, 5.74) is 3.60. The van der Waals surface area contributed by atoms with Gasteiger partial charge in [-0.2, -0.15) is 0 Å². The average Bonchev–Trinajstić information content (AvgIpc) is 2.75. The Bertz CT molecular complexity index is 1140. The number of sulfonamides is 1. The fourth-order valence-corrected chi connectivity index (χ4v) is 4.04. The lowest BCUT2D eigenvalue weighted by Crippen LogP contribution is -2.31. The minimum atomic E-state index is -3.72. The lowest BCUT2D eigenvalue weighted by atomic mass is 10.1. The summed E-state index contributed by atoms with van der Waals surface area (Å²) in [5.74, 6) is 0.150. The summed E-state index contributed by atoms with van der Waals surface area (Å²) in [7, 11) is -3.72. The maximum absolute atomic E-state index is 12.6. The number of benzene rings is 3. The Balaban J connectivity index is 1.56. The lowest BCUT2D eigenvalue weighted by molar-refractivity contribution is -0.123. The van der Waals surface area contributed by atoms with Crippen LogP contribution in [-0.4, -0.2) is 20.9 Å². The molecule has 0 fully saturated rings. The summed E-state index contributed by atoms with van der Waals surface area (Å²) < 4.78 is 33.3. The zero-order valence-corrected chi connectivity index (χ0v) is 18.6. The van der Waals surface area contributed by atoms with Gasteiger partial charge in [-0.25, -0.2) is 8.42 Å². The Morgan fingerprint density at radius 1 is 0.935 bits per heavy atom. The van der Waals surface area contributed by atoms with Gasteiger partial charge in [-0.15, -0.1) is 0 Å². The topological polar surface area (TPSA) is 84.5 Å². The van der Waals surface area contributed by atoms with Gasteiger partial charge in [0.15, 0.2) is 6.61 Å². The number of carbonyl (C=O) groups excluding carboxylic acids is 1. The standard InChI is InChI=1S/C24H26N2O4S/c1-17-9-10-21(15-18(17)2)26-31(28,29)23-13-11-22(12-14-23)30-16-24(27)25-19(3)20-7-5-4-6-8-20/h4-15,19,26H,16H2,1-3H3,(H,25,27). The molecule has 6 nitrogen and oxygen atoms in total. The molecular formula is C24H26N2O4S. The maximum Gasteiger partial charge on any atom is 0.261 e. The van der Waals surface area contributed by atoms with Crippen LogP contribution in [0.2, 0.25) is 0 Å². The van der Waals surface area contributed by atoms with Crippen LogP contribution < -0.4 is 14.8 Å². The van der Waals surface area contributed by atoms with Gasteiger partial charge in [0.05, 0.1) is 10.9 Å². The normalized spacial score (nSPS) is 12.1. The highest BCUT2D eigenvalue weighted by molar-refractivity contribution is 7.92. The van der Waals surface area contributed by atoms with Crippen molar-refractivity contribution < 1.29 is 17.9 Å². The predicted molar refractivity (Wildman–Crippen MR) is 122 cm³/mol. The van der Waals surface area contributed by atoms with Gasteiger partial charge in [0.25, 0.3) is 15.9 Å². The van der Waals surface area contributed by atoms with Crippen LogP contribution in [0.1, 0.15) is 29.7 Å². The summed E-state index contributed by atoms with van der Waals surface area (Å²) >= 11 is 0. The van der Waals surface area contributed by atoms with Gasteiger partial charge in [-0.1, -0.05) is 36.4 Å². The summed E-state index contributed by atoms with van der Waals surface area (Å²) in [5, 5.41) is 2.87. The second-order valence-electron chi connectivity index (χ2n) is 7.36. The fraction of sp³-hybridized carbons (Fsp3) is 0.208. The van der Waals surface area contributed by atoms with Crippen molar-refractivity contribution in [2.75, 3.05) is 11.3 Å². The molecule has 0 aliphatic rings. The number of carbonyl (C=O) groups is 1. The molecule has 0 aromatic heterocycles. The van der Waals surface area contributed by atoms with E-state index in [0.717, 1.165) is 16.7 Å². The molecule has 162 valence electrons. The first-order valence-corrected chi connectivity index (χ1v) is 11.4. The Morgan fingerprint density at radius 3 is 2.26 bits per heavy atom. The molecule has 3 aromatic rings. The average molecular weight is 439 g/mol. The third-order valence-corrected chi connectivity index (χ3v) is 6.34. The van der Waals surface area contributed by atoms with E-state index < -0.39 is 10.0 Å². The third-order valence-electron chi connectivity index (χ3n) is 4.94. The van der Waals surface area contributed by atoms with Crippen molar-refractivity contribution in [2.24, 2.45) is 0 Å². The molecule has 1 amide bonds. The van der Waals surface area contributed by atoms with Gasteiger partial charge in [0.1, 0.15) is 5.75 Å². The van der Waals surface area contributed by atoms with Gasteiger partial charge < -0.3 is 10.1 Å². The van der Waals surface area contributed by atoms with Crippen molar-refractivity contribution in [1.82, 2.24) is 5.32 Å². The van der Waals surface area contributed by atoms with Crippen molar-refractivity contribution in [3.8, 4) is 5.75 Å². The molecule has 0 saturated carbocycles. The molecular weight excluding hydrogens is 412 g/mol. The number of hydrogen-bond donors (Lipinski definition) is 2. The van der Waals surface area contributed by atoms with E-state index in [0.29, 0.717) is 11.4 Å². The van der Waals surface area contributed by atoms with E-state index in [4.69, 9.17) is 4.74 Å². The van der Waals surface area contributed by atoms with E-state index in [1.807, 2.05) is 57.2 Å². The first-order valence-electron chi connectivity index (χ1n) is 9.92. The Morgan fingerprint density at radius 2 is 1.61 bits per heavy atom. The summed E-state index contributed by atoms with van der Waals surface area (Å²) in [6, 6.07) is 20.8. The van der Waals surface area contributed by atoms with Crippen LogP contribution in [0.5, 0.6) is 5.75 Å². The number of ether oxygens (including phenoxy) is 1. The van der Waals surface area contributed by atoms with Crippen LogP contribution in [0.15, 0.2) is 77.7 Å². The number of anilines is 1. The number of rotatable bonds is 8. The van der Waals surface area contributed by atoms with Crippen molar-refractivity contribution >= 4 is 21.6 Å². The molecule has 31 heavy (non-hydrogen) atoms. The Kier molecular flexibility index (Phi) is 6.97. The lowest BCUT2D eigenvalue weighted by Gasteiger charge is -2.15. The number of nitrogens with one attached hydrogen (secondary N) is 2. The van der Waals surface area contributed by atoms with E-state index in [1.54, 1.807) is 12.1 Å². The highest BCUT2D eigenvalue weighted by Crippen LogP contribution is 2.21. The molecule has 0 radical (unpaired) electrons. The van der Waals surface area contributed by atoms with Crippen LogP contribution in [-0.2, 0) is 14.8 Å². The highest BCUT2D eigenvalue weighted by atomic mass is 32.2. The molecule has 0 saturated heterocycles. The Hall–Kier alpha value is -3.32. The predicted octanol–water partition coefficient (Wildman–Crippen LogP) is 4.36. The van der Waals surface area contributed by atoms with Gasteiger partial charge in [-0.05, 0) is 73.9 Å². The number of amides is 1. The molecule has 1 atom stereocenters. The summed E-state index contributed by atoms with van der Waals surface area (Å²) in [6.07, 6.45) is 0. The van der Waals surface area contributed by atoms with Gasteiger partial charge >= 0.3 is 0 Å². The van der Waals surface area contributed by atoms with Crippen molar-refractivity contribution in [1.29, 1.82) is 0 Å². The molecule has 3 rings (SSSR count). The highest BCUT2D eigenvalue weighted by Gasteiger charge is 2.15. The van der Waals surface area contributed by atoms with Crippen molar-refractivity contribution in [3.63, 3.8) is 0 Å². The monoisotopic (exact) mass is 438 g/mol. The van der Waals surface area contributed by atoms with Crippen LogP contribution in [0, 0.1) is 13.8 Å². The molecule has 0 heterocycles. The van der Waals surface area contributed by atoms with Crippen LogP contribution in [0.4, 0.5) is 5.69 Å². The minimum absolute atomic E-state index is 0.111. The number of aryl methyl sites for hydroxylation is 2. The van der Waals surface area contributed by atoms with Crippen LogP contribution in [0.3, 0.4) is 0 Å². The van der Waals surface area contributed by atoms with Gasteiger partial charge in [-0.3, -0.25) is 9.52 Å². The van der Waals surface area contributed by atoms with Gasteiger partial charge in [0, 0.05) is 5.69 Å². The molecule has 0 bridgehead atoms. The Labute approximate surface area is 183 Å². The SMILES string of the molecule is Cc1ccc(NS(=O)(=O)c2ccc(OCC(=O)NC(C)c3ccccc3)cc2)cc1C. The fourth-order valence-electron chi connectivity index (χ4n) is 2.99. The molecule has 0 spiro atoms.